The third-order valence-corrected chi connectivity index (χ3v) is 5.08. The van der Waals surface area contributed by atoms with Crippen molar-refractivity contribution >= 4 is 15.9 Å². The molecule has 0 aromatic carbocycles. The first-order valence-electron chi connectivity index (χ1n) is 8.32. The standard InChI is InChI=1S/C17H37BrN2/c1-7-9-17(14-18,10-8-2)15-20(13-16(3)4)12-11-19(5)6/h16H,7-15H2,1-6H3. The summed E-state index contributed by atoms with van der Waals surface area (Å²) in [5.74, 6) is 0.744. The van der Waals surface area contributed by atoms with Crippen LogP contribution < -0.4 is 0 Å². The third kappa shape index (κ3) is 8.63. The smallest absolute Gasteiger partial charge is 0.0109 e. The van der Waals surface area contributed by atoms with Crippen molar-refractivity contribution in [1.82, 2.24) is 9.80 Å². The molecule has 0 amide bonds. The topological polar surface area (TPSA) is 6.48 Å². The lowest BCUT2D eigenvalue weighted by Gasteiger charge is -2.38. The molecule has 0 aromatic heterocycles. The fraction of sp³-hybridized carbons (Fsp3) is 1.00. The summed E-state index contributed by atoms with van der Waals surface area (Å²) in [6, 6.07) is 0. The minimum Gasteiger partial charge on any atom is -0.308 e. The van der Waals surface area contributed by atoms with Crippen molar-refractivity contribution in [2.45, 2.75) is 53.4 Å². The lowest BCUT2D eigenvalue weighted by atomic mass is 9.80. The summed E-state index contributed by atoms with van der Waals surface area (Å²) in [4.78, 5) is 4.99. The van der Waals surface area contributed by atoms with Crippen LogP contribution in [-0.2, 0) is 0 Å². The van der Waals surface area contributed by atoms with Crippen LogP contribution in [0.15, 0.2) is 0 Å². The molecule has 0 heterocycles. The van der Waals surface area contributed by atoms with Crippen molar-refractivity contribution < 1.29 is 0 Å². The first-order valence-corrected chi connectivity index (χ1v) is 9.44. The average Bonchev–Trinajstić information content (AvgIpc) is 2.35. The first kappa shape index (κ1) is 20.4. The summed E-state index contributed by atoms with van der Waals surface area (Å²) in [6.45, 7) is 14.1. The Morgan fingerprint density at radius 1 is 1.00 bits per heavy atom. The van der Waals surface area contributed by atoms with Gasteiger partial charge in [-0.25, -0.2) is 0 Å². The summed E-state index contributed by atoms with van der Waals surface area (Å²) >= 11 is 3.81. The predicted molar refractivity (Wildman–Crippen MR) is 95.9 cm³/mol. The third-order valence-electron chi connectivity index (χ3n) is 3.89. The van der Waals surface area contributed by atoms with E-state index in [0.717, 1.165) is 17.8 Å². The van der Waals surface area contributed by atoms with Crippen LogP contribution in [0.3, 0.4) is 0 Å². The monoisotopic (exact) mass is 348 g/mol. The zero-order chi connectivity index (χ0) is 15.6. The van der Waals surface area contributed by atoms with Gasteiger partial charge in [0.15, 0.2) is 0 Å². The van der Waals surface area contributed by atoms with Gasteiger partial charge in [0, 0.05) is 31.5 Å². The lowest BCUT2D eigenvalue weighted by Crippen LogP contribution is -2.43. The maximum atomic E-state index is 3.81. The van der Waals surface area contributed by atoms with Crippen molar-refractivity contribution in [3.63, 3.8) is 0 Å². The normalized spacial score (nSPS) is 12.9. The minimum absolute atomic E-state index is 0.463. The molecule has 0 aliphatic rings. The number of halogens is 1. The maximum absolute atomic E-state index is 3.81. The molecule has 0 aromatic rings. The molecule has 20 heavy (non-hydrogen) atoms. The number of alkyl halides is 1. The summed E-state index contributed by atoms with van der Waals surface area (Å²) in [6.07, 6.45) is 5.24. The minimum atomic E-state index is 0.463. The molecule has 122 valence electrons. The second kappa shape index (κ2) is 11.0. The van der Waals surface area contributed by atoms with E-state index in [1.807, 2.05) is 0 Å². The predicted octanol–water partition coefficient (Wildman–Crippen LogP) is 4.49. The van der Waals surface area contributed by atoms with Gasteiger partial charge in [0.05, 0.1) is 0 Å². The maximum Gasteiger partial charge on any atom is 0.0109 e. The molecule has 0 radical (unpaired) electrons. The van der Waals surface area contributed by atoms with Gasteiger partial charge in [-0.05, 0) is 38.3 Å². The molecule has 0 aliphatic heterocycles. The van der Waals surface area contributed by atoms with Crippen LogP contribution in [0.2, 0.25) is 0 Å². The Kier molecular flexibility index (Phi) is 11.3. The molecule has 0 fully saturated rings. The zero-order valence-corrected chi connectivity index (χ0v) is 16.3. The van der Waals surface area contributed by atoms with Crippen LogP contribution >= 0.6 is 15.9 Å². The molecular formula is C17H37BrN2. The van der Waals surface area contributed by atoms with E-state index in [-0.39, 0.29) is 0 Å². The second-order valence-electron chi connectivity index (χ2n) is 7.07. The molecular weight excluding hydrogens is 312 g/mol. The molecule has 0 bridgehead atoms. The van der Waals surface area contributed by atoms with Crippen LogP contribution in [-0.4, -0.2) is 55.4 Å². The van der Waals surface area contributed by atoms with Crippen molar-refractivity contribution in [3.05, 3.63) is 0 Å². The molecule has 0 aliphatic carbocycles. The summed E-state index contributed by atoms with van der Waals surface area (Å²) in [5.41, 5.74) is 0.463. The number of rotatable bonds is 12. The lowest BCUT2D eigenvalue weighted by molar-refractivity contribution is 0.127. The van der Waals surface area contributed by atoms with Gasteiger partial charge < -0.3 is 9.80 Å². The first-order chi connectivity index (χ1) is 9.39. The van der Waals surface area contributed by atoms with Crippen LogP contribution in [0.5, 0.6) is 0 Å². The Hall–Kier alpha value is 0.400. The van der Waals surface area contributed by atoms with E-state index in [2.05, 4.69) is 67.5 Å². The Morgan fingerprint density at radius 2 is 1.55 bits per heavy atom. The highest BCUT2D eigenvalue weighted by atomic mass is 79.9. The van der Waals surface area contributed by atoms with E-state index in [4.69, 9.17) is 0 Å². The van der Waals surface area contributed by atoms with E-state index < -0.39 is 0 Å². The fourth-order valence-corrected chi connectivity index (χ4v) is 3.82. The van der Waals surface area contributed by atoms with E-state index >= 15 is 0 Å². The number of likely N-dealkylation sites (N-methyl/N-ethyl adjacent to an activating group) is 1. The average molecular weight is 349 g/mol. The van der Waals surface area contributed by atoms with Crippen molar-refractivity contribution in [1.29, 1.82) is 0 Å². The quantitative estimate of drug-likeness (QED) is 0.479. The molecule has 0 N–H and O–H groups in total. The Morgan fingerprint density at radius 3 is 1.90 bits per heavy atom. The van der Waals surface area contributed by atoms with E-state index in [0.29, 0.717) is 5.41 Å². The number of hydrogen-bond acceptors (Lipinski definition) is 2. The van der Waals surface area contributed by atoms with E-state index in [1.54, 1.807) is 0 Å². The summed E-state index contributed by atoms with van der Waals surface area (Å²) in [7, 11) is 4.34. The Labute approximate surface area is 136 Å². The molecule has 2 nitrogen and oxygen atoms in total. The van der Waals surface area contributed by atoms with Crippen LogP contribution in [0.4, 0.5) is 0 Å². The van der Waals surface area contributed by atoms with Gasteiger partial charge >= 0.3 is 0 Å². The molecule has 0 unspecified atom stereocenters. The van der Waals surface area contributed by atoms with Crippen molar-refractivity contribution in [3.8, 4) is 0 Å². The molecule has 0 spiro atoms. The SMILES string of the molecule is CCCC(CBr)(CCC)CN(CCN(C)C)CC(C)C. The number of nitrogens with zero attached hydrogens (tertiary/aromatic N) is 2. The molecule has 0 atom stereocenters. The van der Waals surface area contributed by atoms with Gasteiger partial charge in [0.25, 0.3) is 0 Å². The fourth-order valence-electron chi connectivity index (χ4n) is 3.09. The van der Waals surface area contributed by atoms with E-state index in [9.17, 15) is 0 Å². The molecule has 3 heteroatoms. The molecule has 0 saturated heterocycles. The van der Waals surface area contributed by atoms with Gasteiger partial charge in [-0.3, -0.25) is 0 Å². The van der Waals surface area contributed by atoms with Gasteiger partial charge in [0.1, 0.15) is 0 Å². The van der Waals surface area contributed by atoms with Gasteiger partial charge in [-0.15, -0.1) is 0 Å². The summed E-state index contributed by atoms with van der Waals surface area (Å²) < 4.78 is 0. The largest absolute Gasteiger partial charge is 0.308 e. The van der Waals surface area contributed by atoms with E-state index in [1.165, 1.54) is 45.3 Å². The zero-order valence-electron chi connectivity index (χ0n) is 14.7. The van der Waals surface area contributed by atoms with Gasteiger partial charge in [-0.1, -0.05) is 56.5 Å². The highest BCUT2D eigenvalue weighted by Gasteiger charge is 2.29. The van der Waals surface area contributed by atoms with Gasteiger partial charge in [0.2, 0.25) is 0 Å². The highest BCUT2D eigenvalue weighted by Crippen LogP contribution is 2.33. The highest BCUT2D eigenvalue weighted by molar-refractivity contribution is 9.09. The van der Waals surface area contributed by atoms with Crippen molar-refractivity contribution in [2.24, 2.45) is 11.3 Å². The molecule has 0 rings (SSSR count). The van der Waals surface area contributed by atoms with Crippen LogP contribution in [0.25, 0.3) is 0 Å². The van der Waals surface area contributed by atoms with Crippen molar-refractivity contribution in [2.75, 3.05) is 45.6 Å². The van der Waals surface area contributed by atoms with Crippen LogP contribution in [0.1, 0.15) is 53.4 Å². The Balaban J connectivity index is 4.75. The summed E-state index contributed by atoms with van der Waals surface area (Å²) in [5, 5.41) is 1.14. The Bertz CT molecular complexity index is 223. The molecule has 0 saturated carbocycles. The second-order valence-corrected chi connectivity index (χ2v) is 7.63. The van der Waals surface area contributed by atoms with Crippen LogP contribution in [0, 0.1) is 11.3 Å². The number of hydrogen-bond donors (Lipinski definition) is 0. The van der Waals surface area contributed by atoms with Gasteiger partial charge in [-0.2, -0.15) is 0 Å².